The van der Waals surface area contributed by atoms with Crippen LogP contribution in [-0.2, 0) is 0 Å². The average molecular weight is 264 g/mol. The summed E-state index contributed by atoms with van der Waals surface area (Å²) in [4.78, 5) is 0. The Labute approximate surface area is 92.2 Å². The van der Waals surface area contributed by atoms with Gasteiger partial charge in [-0.2, -0.15) is 0 Å². The summed E-state index contributed by atoms with van der Waals surface area (Å²) in [6, 6.07) is 5.61. The molecule has 0 saturated carbocycles. The quantitative estimate of drug-likeness (QED) is 0.791. The van der Waals surface area contributed by atoms with Crippen LogP contribution in [0, 0.1) is 0 Å². The van der Waals surface area contributed by atoms with Gasteiger partial charge in [0.1, 0.15) is 5.75 Å². The Morgan fingerprint density at radius 3 is 2.77 bits per heavy atom. The van der Waals surface area contributed by atoms with E-state index < -0.39 is 0 Å². The second kappa shape index (κ2) is 4.87. The van der Waals surface area contributed by atoms with Gasteiger partial charge in [-0.1, -0.05) is 18.5 Å². The fourth-order valence-corrected chi connectivity index (χ4v) is 1.28. The fraction of sp³-hybridized carbons (Fsp3) is 0.400. The summed E-state index contributed by atoms with van der Waals surface area (Å²) in [5, 5.41) is 0.681. The normalized spacial score (nSPS) is 12.6. The number of benzene rings is 1. The zero-order valence-corrected chi connectivity index (χ0v) is 10.0. The molecule has 0 fully saturated rings. The fourth-order valence-electron chi connectivity index (χ4n) is 0.866. The van der Waals surface area contributed by atoms with E-state index in [1.165, 1.54) is 0 Å². The molecule has 0 saturated heterocycles. The highest BCUT2D eigenvalue weighted by atomic mass is 79.9. The largest absolute Gasteiger partial charge is 0.491 e. The maximum absolute atomic E-state index is 5.91. The van der Waals surface area contributed by atoms with E-state index in [1.807, 2.05) is 25.1 Å². The Morgan fingerprint density at radius 2 is 2.23 bits per heavy atom. The van der Waals surface area contributed by atoms with Crippen molar-refractivity contribution >= 4 is 27.5 Å². The lowest BCUT2D eigenvalue weighted by molar-refractivity contribution is 0.217. The van der Waals surface area contributed by atoms with Gasteiger partial charge >= 0.3 is 0 Å². The Kier molecular flexibility index (Phi) is 4.07. The molecule has 0 amide bonds. The molecule has 0 spiro atoms. The van der Waals surface area contributed by atoms with Crippen LogP contribution in [0.2, 0.25) is 5.02 Å². The van der Waals surface area contributed by atoms with E-state index in [0.29, 0.717) is 5.02 Å². The minimum atomic E-state index is 0.234. The minimum Gasteiger partial charge on any atom is -0.491 e. The van der Waals surface area contributed by atoms with Crippen LogP contribution in [0.1, 0.15) is 20.3 Å². The molecule has 3 heteroatoms. The van der Waals surface area contributed by atoms with Crippen molar-refractivity contribution in [2.24, 2.45) is 0 Å². The third-order valence-electron chi connectivity index (χ3n) is 1.80. The standard InChI is InChI=1S/C10H12BrClO/c1-3-7(2)13-8-4-5-9(11)10(12)6-8/h4-7H,3H2,1-2H3. The van der Waals surface area contributed by atoms with Gasteiger partial charge in [0.15, 0.2) is 0 Å². The highest BCUT2D eigenvalue weighted by molar-refractivity contribution is 9.10. The van der Waals surface area contributed by atoms with Gasteiger partial charge < -0.3 is 4.74 Å². The van der Waals surface area contributed by atoms with Crippen molar-refractivity contribution in [2.75, 3.05) is 0 Å². The van der Waals surface area contributed by atoms with Crippen LogP contribution in [0.5, 0.6) is 5.75 Å². The lowest BCUT2D eigenvalue weighted by Gasteiger charge is -2.12. The van der Waals surface area contributed by atoms with Gasteiger partial charge in [-0.25, -0.2) is 0 Å². The lowest BCUT2D eigenvalue weighted by atomic mass is 10.3. The van der Waals surface area contributed by atoms with Crippen LogP contribution in [0.4, 0.5) is 0 Å². The highest BCUT2D eigenvalue weighted by Gasteiger charge is 2.03. The number of hydrogen-bond acceptors (Lipinski definition) is 1. The van der Waals surface area contributed by atoms with E-state index in [0.717, 1.165) is 16.6 Å². The van der Waals surface area contributed by atoms with Gasteiger partial charge in [0.25, 0.3) is 0 Å². The molecule has 1 rings (SSSR count). The van der Waals surface area contributed by atoms with Crippen LogP contribution in [0.25, 0.3) is 0 Å². The third kappa shape index (κ3) is 3.20. The van der Waals surface area contributed by atoms with Crippen molar-refractivity contribution in [2.45, 2.75) is 26.4 Å². The van der Waals surface area contributed by atoms with Crippen LogP contribution in [0.15, 0.2) is 22.7 Å². The van der Waals surface area contributed by atoms with Crippen molar-refractivity contribution in [3.05, 3.63) is 27.7 Å². The van der Waals surface area contributed by atoms with Crippen LogP contribution in [0.3, 0.4) is 0 Å². The van der Waals surface area contributed by atoms with Gasteiger partial charge in [0.2, 0.25) is 0 Å². The van der Waals surface area contributed by atoms with Crippen LogP contribution >= 0.6 is 27.5 Å². The smallest absolute Gasteiger partial charge is 0.121 e. The molecule has 0 aliphatic carbocycles. The first-order chi connectivity index (χ1) is 6.13. The predicted molar refractivity (Wildman–Crippen MR) is 59.5 cm³/mol. The molecule has 1 atom stereocenters. The zero-order valence-electron chi connectivity index (χ0n) is 7.68. The molecule has 0 radical (unpaired) electrons. The molecule has 0 aromatic heterocycles. The molecule has 1 nitrogen and oxygen atoms in total. The Hall–Kier alpha value is -0.210. The number of rotatable bonds is 3. The molecule has 1 aromatic carbocycles. The predicted octanol–water partition coefficient (Wildman–Crippen LogP) is 4.28. The second-order valence-electron chi connectivity index (χ2n) is 2.91. The Balaban J connectivity index is 2.73. The molecule has 0 bridgehead atoms. The summed E-state index contributed by atoms with van der Waals surface area (Å²) in [7, 11) is 0. The minimum absolute atomic E-state index is 0.234. The van der Waals surface area contributed by atoms with Gasteiger partial charge in [0.05, 0.1) is 11.1 Å². The Bertz CT molecular complexity index is 288. The van der Waals surface area contributed by atoms with E-state index in [1.54, 1.807) is 0 Å². The maximum Gasteiger partial charge on any atom is 0.121 e. The molecule has 0 N–H and O–H groups in total. The van der Waals surface area contributed by atoms with Crippen molar-refractivity contribution < 1.29 is 4.74 Å². The summed E-state index contributed by atoms with van der Waals surface area (Å²) in [6.07, 6.45) is 1.23. The van der Waals surface area contributed by atoms with E-state index >= 15 is 0 Å². The first-order valence-corrected chi connectivity index (χ1v) is 5.42. The van der Waals surface area contributed by atoms with Gasteiger partial charge in [-0.3, -0.25) is 0 Å². The summed E-state index contributed by atoms with van der Waals surface area (Å²) < 4.78 is 6.49. The highest BCUT2D eigenvalue weighted by Crippen LogP contribution is 2.27. The SMILES string of the molecule is CCC(C)Oc1ccc(Br)c(Cl)c1. The molecule has 0 aliphatic heterocycles. The van der Waals surface area contributed by atoms with Crippen molar-refractivity contribution in [1.82, 2.24) is 0 Å². The van der Waals surface area contributed by atoms with E-state index in [4.69, 9.17) is 16.3 Å². The molecular formula is C10H12BrClO. The van der Waals surface area contributed by atoms with Crippen molar-refractivity contribution in [1.29, 1.82) is 0 Å². The molecule has 13 heavy (non-hydrogen) atoms. The van der Waals surface area contributed by atoms with Crippen molar-refractivity contribution in [3.63, 3.8) is 0 Å². The summed E-state index contributed by atoms with van der Waals surface area (Å²) in [5.74, 6) is 0.822. The van der Waals surface area contributed by atoms with Gasteiger partial charge in [-0.15, -0.1) is 0 Å². The zero-order chi connectivity index (χ0) is 9.84. The summed E-state index contributed by atoms with van der Waals surface area (Å²) in [6.45, 7) is 4.13. The average Bonchev–Trinajstić information content (AvgIpc) is 2.11. The monoisotopic (exact) mass is 262 g/mol. The van der Waals surface area contributed by atoms with Crippen LogP contribution in [-0.4, -0.2) is 6.10 Å². The number of halogens is 2. The number of ether oxygens (including phenoxy) is 1. The molecule has 1 aromatic rings. The second-order valence-corrected chi connectivity index (χ2v) is 4.17. The first-order valence-electron chi connectivity index (χ1n) is 4.25. The lowest BCUT2D eigenvalue weighted by Crippen LogP contribution is -2.09. The van der Waals surface area contributed by atoms with Crippen LogP contribution < -0.4 is 4.74 Å². The summed E-state index contributed by atoms with van der Waals surface area (Å²) >= 11 is 9.24. The van der Waals surface area contributed by atoms with E-state index in [9.17, 15) is 0 Å². The summed E-state index contributed by atoms with van der Waals surface area (Å²) in [5.41, 5.74) is 0. The van der Waals surface area contributed by atoms with Gasteiger partial charge in [0, 0.05) is 4.47 Å². The van der Waals surface area contributed by atoms with Gasteiger partial charge in [-0.05, 0) is 47.5 Å². The topological polar surface area (TPSA) is 9.23 Å². The third-order valence-corrected chi connectivity index (χ3v) is 3.04. The number of hydrogen-bond donors (Lipinski definition) is 0. The first kappa shape index (κ1) is 10.9. The molecular weight excluding hydrogens is 251 g/mol. The van der Waals surface area contributed by atoms with E-state index in [-0.39, 0.29) is 6.10 Å². The molecule has 72 valence electrons. The Morgan fingerprint density at radius 1 is 1.54 bits per heavy atom. The maximum atomic E-state index is 5.91. The molecule has 0 aliphatic rings. The van der Waals surface area contributed by atoms with E-state index in [2.05, 4.69) is 22.9 Å². The van der Waals surface area contributed by atoms with Crippen molar-refractivity contribution in [3.8, 4) is 5.75 Å². The molecule has 0 heterocycles. The molecule has 1 unspecified atom stereocenters.